The van der Waals surface area contributed by atoms with E-state index in [0.717, 1.165) is 6.42 Å². The fourth-order valence-corrected chi connectivity index (χ4v) is 1.42. The Bertz CT molecular complexity index is 254. The molecule has 0 aromatic rings. The molecule has 3 amide bonds. The van der Waals surface area contributed by atoms with Crippen molar-refractivity contribution in [3.8, 4) is 0 Å². The van der Waals surface area contributed by atoms with Crippen LogP contribution in [-0.4, -0.2) is 30.6 Å². The molecular weight excluding hydrogens is 170 g/mol. The minimum atomic E-state index is -0.389. The number of hydrogen-bond donors (Lipinski definition) is 3. The van der Waals surface area contributed by atoms with Crippen LogP contribution in [0.15, 0.2) is 0 Å². The lowest BCUT2D eigenvalue weighted by molar-refractivity contribution is -0.122. The fraction of sp³-hybridized carbons (Fsp3) is 0.750. The van der Waals surface area contributed by atoms with Crippen LogP contribution < -0.4 is 16.0 Å². The van der Waals surface area contributed by atoms with Gasteiger partial charge in [-0.2, -0.15) is 0 Å². The number of carbonyl (C=O) groups excluding carboxylic acids is 2. The number of carbonyl (C=O) groups is 2. The molecule has 1 heterocycles. The van der Waals surface area contributed by atoms with Crippen molar-refractivity contribution in [3.05, 3.63) is 0 Å². The van der Waals surface area contributed by atoms with Crippen molar-refractivity contribution in [2.75, 3.05) is 6.54 Å². The maximum Gasteiger partial charge on any atom is 0.315 e. The third kappa shape index (κ3) is 1.74. The highest BCUT2D eigenvalue weighted by Gasteiger charge is 2.36. The van der Waals surface area contributed by atoms with E-state index in [9.17, 15) is 9.59 Å². The van der Waals surface area contributed by atoms with Gasteiger partial charge in [0.1, 0.15) is 6.04 Å². The first-order valence-corrected chi connectivity index (χ1v) is 4.51. The van der Waals surface area contributed by atoms with E-state index in [-0.39, 0.29) is 18.0 Å². The van der Waals surface area contributed by atoms with Gasteiger partial charge in [0, 0.05) is 12.6 Å². The summed E-state index contributed by atoms with van der Waals surface area (Å²) < 4.78 is 0. The first-order chi connectivity index (χ1) is 6.16. The Balaban J connectivity index is 1.80. The quantitative estimate of drug-likeness (QED) is 0.524. The minimum Gasteiger partial charge on any atom is -0.351 e. The van der Waals surface area contributed by atoms with E-state index >= 15 is 0 Å². The Morgan fingerprint density at radius 1 is 1.62 bits per heavy atom. The van der Waals surface area contributed by atoms with E-state index < -0.39 is 0 Å². The predicted octanol–water partition coefficient (Wildman–Crippen LogP) is -0.808. The van der Waals surface area contributed by atoms with Gasteiger partial charge in [0.05, 0.1) is 0 Å². The van der Waals surface area contributed by atoms with Crippen molar-refractivity contribution in [3.63, 3.8) is 0 Å². The van der Waals surface area contributed by atoms with Gasteiger partial charge in [-0.1, -0.05) is 6.92 Å². The summed E-state index contributed by atoms with van der Waals surface area (Å²) in [5.74, 6) is 0.515. The summed E-state index contributed by atoms with van der Waals surface area (Å²) in [6.07, 6.45) is 1.06. The Labute approximate surface area is 76.3 Å². The summed E-state index contributed by atoms with van der Waals surface area (Å²) in [6.45, 7) is 2.49. The highest BCUT2D eigenvalue weighted by Crippen LogP contribution is 2.28. The molecule has 0 radical (unpaired) electrons. The fourth-order valence-electron chi connectivity index (χ4n) is 1.42. The van der Waals surface area contributed by atoms with Gasteiger partial charge < -0.3 is 16.0 Å². The summed E-state index contributed by atoms with van der Waals surface area (Å²) in [5.41, 5.74) is 0. The van der Waals surface area contributed by atoms with E-state index in [4.69, 9.17) is 0 Å². The van der Waals surface area contributed by atoms with E-state index in [2.05, 4.69) is 22.9 Å². The number of amides is 3. The maximum atomic E-state index is 11.4. The first kappa shape index (κ1) is 8.34. The molecule has 2 fully saturated rings. The van der Waals surface area contributed by atoms with Crippen LogP contribution in [0.1, 0.15) is 13.3 Å². The molecule has 3 atom stereocenters. The van der Waals surface area contributed by atoms with Gasteiger partial charge in [-0.05, 0) is 12.3 Å². The van der Waals surface area contributed by atoms with Gasteiger partial charge in [0.2, 0.25) is 5.91 Å². The number of nitrogens with one attached hydrogen (secondary N) is 3. The first-order valence-electron chi connectivity index (χ1n) is 4.51. The van der Waals surface area contributed by atoms with Gasteiger partial charge in [-0.15, -0.1) is 0 Å². The highest BCUT2D eigenvalue weighted by molar-refractivity contribution is 5.90. The van der Waals surface area contributed by atoms with Crippen LogP contribution in [0.3, 0.4) is 0 Å². The highest BCUT2D eigenvalue weighted by atomic mass is 16.2. The molecule has 1 saturated carbocycles. The van der Waals surface area contributed by atoms with E-state index in [1.54, 1.807) is 0 Å². The summed E-state index contributed by atoms with van der Waals surface area (Å²) in [4.78, 5) is 22.1. The number of rotatable bonds is 2. The molecular formula is C8H13N3O2. The molecule has 5 heteroatoms. The number of hydrogen-bond acceptors (Lipinski definition) is 2. The molecule has 0 spiro atoms. The molecule has 1 aliphatic carbocycles. The summed E-state index contributed by atoms with van der Waals surface area (Å²) in [6, 6.07) is -0.325. The Kier molecular flexibility index (Phi) is 1.86. The SMILES string of the molecule is CC1CC1NC(=O)[C@@H]1CNC(=O)N1. The summed E-state index contributed by atoms with van der Waals surface area (Å²) >= 11 is 0. The van der Waals surface area contributed by atoms with Crippen molar-refractivity contribution in [2.45, 2.75) is 25.4 Å². The third-order valence-corrected chi connectivity index (χ3v) is 2.53. The lowest BCUT2D eigenvalue weighted by atomic mass is 10.3. The molecule has 2 unspecified atom stereocenters. The maximum absolute atomic E-state index is 11.4. The van der Waals surface area contributed by atoms with Gasteiger partial charge in [0.25, 0.3) is 0 Å². The average Bonchev–Trinajstić information content (AvgIpc) is 2.62. The zero-order chi connectivity index (χ0) is 9.42. The van der Waals surface area contributed by atoms with Crippen LogP contribution in [0.5, 0.6) is 0 Å². The second-order valence-corrected chi connectivity index (χ2v) is 3.74. The lowest BCUT2D eigenvalue weighted by Gasteiger charge is -2.08. The van der Waals surface area contributed by atoms with Crippen LogP contribution >= 0.6 is 0 Å². The van der Waals surface area contributed by atoms with Crippen molar-refractivity contribution in [1.29, 1.82) is 0 Å². The van der Waals surface area contributed by atoms with Crippen LogP contribution in [0.4, 0.5) is 4.79 Å². The average molecular weight is 183 g/mol. The van der Waals surface area contributed by atoms with E-state index in [1.807, 2.05) is 0 Å². The largest absolute Gasteiger partial charge is 0.351 e. The third-order valence-electron chi connectivity index (χ3n) is 2.53. The molecule has 72 valence electrons. The molecule has 2 rings (SSSR count). The molecule has 2 aliphatic rings. The minimum absolute atomic E-state index is 0.0762. The molecule has 0 aromatic carbocycles. The van der Waals surface area contributed by atoms with Crippen LogP contribution in [-0.2, 0) is 4.79 Å². The van der Waals surface area contributed by atoms with Crippen LogP contribution in [0.25, 0.3) is 0 Å². The Morgan fingerprint density at radius 3 is 2.77 bits per heavy atom. The zero-order valence-corrected chi connectivity index (χ0v) is 7.46. The molecule has 5 nitrogen and oxygen atoms in total. The van der Waals surface area contributed by atoms with Gasteiger partial charge in [-0.3, -0.25) is 4.79 Å². The van der Waals surface area contributed by atoms with Crippen molar-refractivity contribution in [1.82, 2.24) is 16.0 Å². The predicted molar refractivity (Wildman–Crippen MR) is 46.0 cm³/mol. The lowest BCUT2D eigenvalue weighted by Crippen LogP contribution is -2.44. The van der Waals surface area contributed by atoms with Gasteiger partial charge in [-0.25, -0.2) is 4.79 Å². The summed E-state index contributed by atoms with van der Waals surface area (Å²) in [7, 11) is 0. The standard InChI is InChI=1S/C8H13N3O2/c1-4-2-5(4)10-7(12)6-3-9-8(13)11-6/h4-6H,2-3H2,1H3,(H,10,12)(H2,9,11,13)/t4?,5?,6-/m0/s1. The van der Waals surface area contributed by atoms with Crippen molar-refractivity contribution in [2.24, 2.45) is 5.92 Å². The van der Waals surface area contributed by atoms with Crippen molar-refractivity contribution < 1.29 is 9.59 Å². The second-order valence-electron chi connectivity index (χ2n) is 3.74. The normalized spacial score (nSPS) is 36.4. The molecule has 13 heavy (non-hydrogen) atoms. The zero-order valence-electron chi connectivity index (χ0n) is 7.46. The van der Waals surface area contributed by atoms with Gasteiger partial charge >= 0.3 is 6.03 Å². The Hall–Kier alpha value is -1.26. The molecule has 3 N–H and O–H groups in total. The smallest absolute Gasteiger partial charge is 0.315 e. The molecule has 1 saturated heterocycles. The van der Waals surface area contributed by atoms with Crippen LogP contribution in [0.2, 0.25) is 0 Å². The van der Waals surface area contributed by atoms with E-state index in [0.29, 0.717) is 18.5 Å². The van der Waals surface area contributed by atoms with Crippen molar-refractivity contribution >= 4 is 11.9 Å². The monoisotopic (exact) mass is 183 g/mol. The van der Waals surface area contributed by atoms with Gasteiger partial charge in [0.15, 0.2) is 0 Å². The molecule has 1 aliphatic heterocycles. The van der Waals surface area contributed by atoms with Crippen LogP contribution in [0, 0.1) is 5.92 Å². The topological polar surface area (TPSA) is 70.2 Å². The molecule has 0 aromatic heterocycles. The Morgan fingerprint density at radius 2 is 2.31 bits per heavy atom. The van der Waals surface area contributed by atoms with E-state index in [1.165, 1.54) is 0 Å². The second kappa shape index (κ2) is 2.90. The summed E-state index contributed by atoms with van der Waals surface area (Å²) in [5, 5.41) is 7.96. The number of urea groups is 1. The molecule has 0 bridgehead atoms.